The predicted molar refractivity (Wildman–Crippen MR) is 114 cm³/mol. The summed E-state index contributed by atoms with van der Waals surface area (Å²) in [6.07, 6.45) is 0. The molecule has 0 aliphatic carbocycles. The zero-order valence-corrected chi connectivity index (χ0v) is 16.8. The van der Waals surface area contributed by atoms with Crippen LogP contribution in [0.3, 0.4) is 0 Å². The van der Waals surface area contributed by atoms with Crippen LogP contribution in [0.4, 0.5) is 11.4 Å². The van der Waals surface area contributed by atoms with E-state index in [0.717, 1.165) is 11.3 Å². The monoisotopic (exact) mass is 421 g/mol. The molecule has 0 unspecified atom stereocenters. The van der Waals surface area contributed by atoms with Crippen molar-refractivity contribution in [2.75, 3.05) is 5.32 Å². The molecule has 150 valence electrons. The van der Waals surface area contributed by atoms with E-state index in [4.69, 9.17) is 11.6 Å². The molecule has 9 heteroatoms. The lowest BCUT2D eigenvalue weighted by molar-refractivity contribution is -0.385. The number of rotatable bonds is 4. The molecule has 0 aliphatic rings. The van der Waals surface area contributed by atoms with Crippen LogP contribution >= 0.6 is 11.6 Å². The van der Waals surface area contributed by atoms with E-state index in [1.54, 1.807) is 37.3 Å². The van der Waals surface area contributed by atoms with Crippen molar-refractivity contribution in [3.05, 3.63) is 86.4 Å². The van der Waals surface area contributed by atoms with E-state index in [2.05, 4.69) is 15.5 Å². The van der Waals surface area contributed by atoms with Gasteiger partial charge in [-0.05, 0) is 55.8 Å². The summed E-state index contributed by atoms with van der Waals surface area (Å²) in [4.78, 5) is 24.7. The number of aryl methyl sites for hydroxylation is 1. The number of nitrogens with one attached hydrogen (secondary N) is 1. The van der Waals surface area contributed by atoms with Crippen LogP contribution < -0.4 is 5.32 Å². The molecule has 1 aromatic heterocycles. The van der Waals surface area contributed by atoms with E-state index in [0.29, 0.717) is 27.3 Å². The van der Waals surface area contributed by atoms with E-state index >= 15 is 0 Å². The highest BCUT2D eigenvalue weighted by molar-refractivity contribution is 6.31. The minimum absolute atomic E-state index is 0.0993. The van der Waals surface area contributed by atoms with Gasteiger partial charge in [-0.2, -0.15) is 4.80 Å². The molecule has 0 fully saturated rings. The number of nitro groups is 1. The second kappa shape index (κ2) is 7.57. The molecule has 8 nitrogen and oxygen atoms in total. The van der Waals surface area contributed by atoms with E-state index in [-0.39, 0.29) is 11.3 Å². The van der Waals surface area contributed by atoms with Gasteiger partial charge in [0.05, 0.1) is 10.6 Å². The van der Waals surface area contributed by atoms with Crippen LogP contribution in [0.25, 0.3) is 16.7 Å². The van der Waals surface area contributed by atoms with Crippen LogP contribution in [0.5, 0.6) is 0 Å². The number of carbonyl (C=O) groups is 1. The highest BCUT2D eigenvalue weighted by Crippen LogP contribution is 2.24. The van der Waals surface area contributed by atoms with Gasteiger partial charge < -0.3 is 5.32 Å². The number of carbonyl (C=O) groups excluding carboxylic acids is 1. The lowest BCUT2D eigenvalue weighted by Gasteiger charge is -2.07. The first-order valence-corrected chi connectivity index (χ1v) is 9.40. The van der Waals surface area contributed by atoms with Crippen molar-refractivity contribution >= 4 is 39.9 Å². The number of benzene rings is 3. The number of fused-ring (bicyclic) bond motifs is 1. The number of halogens is 1. The summed E-state index contributed by atoms with van der Waals surface area (Å²) in [6.45, 7) is 3.46. The number of nitrogens with zero attached hydrogens (tertiary/aromatic N) is 4. The summed E-state index contributed by atoms with van der Waals surface area (Å²) in [5.74, 6) is -0.437. The van der Waals surface area contributed by atoms with Crippen molar-refractivity contribution in [3.63, 3.8) is 0 Å². The molecule has 1 N–H and O–H groups in total. The summed E-state index contributed by atoms with van der Waals surface area (Å²) in [6, 6.07) is 15.1. The van der Waals surface area contributed by atoms with Crippen LogP contribution in [0.2, 0.25) is 5.02 Å². The Morgan fingerprint density at radius 2 is 1.83 bits per heavy atom. The Labute approximate surface area is 176 Å². The Kier molecular flexibility index (Phi) is 4.93. The molecule has 0 radical (unpaired) electrons. The first-order valence-electron chi connectivity index (χ1n) is 9.02. The van der Waals surface area contributed by atoms with Gasteiger partial charge in [-0.1, -0.05) is 23.7 Å². The van der Waals surface area contributed by atoms with Crippen LogP contribution in [-0.4, -0.2) is 25.8 Å². The maximum Gasteiger partial charge on any atom is 0.273 e. The average molecular weight is 422 g/mol. The largest absolute Gasteiger partial charge is 0.322 e. The van der Waals surface area contributed by atoms with Crippen molar-refractivity contribution in [3.8, 4) is 5.69 Å². The minimum atomic E-state index is -0.506. The Hall–Kier alpha value is -3.78. The molecule has 0 saturated carbocycles. The number of anilines is 1. The van der Waals surface area contributed by atoms with Gasteiger partial charge in [-0.15, -0.1) is 10.2 Å². The van der Waals surface area contributed by atoms with Gasteiger partial charge >= 0.3 is 0 Å². The molecule has 30 heavy (non-hydrogen) atoms. The fourth-order valence-corrected chi connectivity index (χ4v) is 3.25. The third-order valence-corrected chi connectivity index (χ3v) is 5.18. The van der Waals surface area contributed by atoms with E-state index < -0.39 is 10.8 Å². The lowest BCUT2D eigenvalue weighted by Crippen LogP contribution is -2.14. The highest BCUT2D eigenvalue weighted by Gasteiger charge is 2.18. The SMILES string of the molecule is Cc1ccc(-n2nc3ccc(NC(=O)c4cccc([N+](=O)[O-])c4C)cc3n2)cc1Cl. The first-order chi connectivity index (χ1) is 14.3. The van der Waals surface area contributed by atoms with Crippen molar-refractivity contribution in [1.82, 2.24) is 15.0 Å². The molecular weight excluding hydrogens is 406 g/mol. The molecule has 3 aromatic carbocycles. The van der Waals surface area contributed by atoms with Gasteiger partial charge in [-0.25, -0.2) is 0 Å². The smallest absolute Gasteiger partial charge is 0.273 e. The molecule has 4 aromatic rings. The van der Waals surface area contributed by atoms with Gasteiger partial charge in [-0.3, -0.25) is 14.9 Å². The van der Waals surface area contributed by atoms with Crippen LogP contribution in [-0.2, 0) is 0 Å². The normalized spacial score (nSPS) is 10.9. The minimum Gasteiger partial charge on any atom is -0.322 e. The van der Waals surface area contributed by atoms with Crippen LogP contribution in [0.15, 0.2) is 54.6 Å². The zero-order chi connectivity index (χ0) is 21.4. The topological polar surface area (TPSA) is 103 Å². The maximum absolute atomic E-state index is 12.7. The second-order valence-corrected chi connectivity index (χ2v) is 7.19. The molecule has 0 saturated heterocycles. The highest BCUT2D eigenvalue weighted by atomic mass is 35.5. The quantitative estimate of drug-likeness (QED) is 0.374. The van der Waals surface area contributed by atoms with Crippen molar-refractivity contribution in [2.24, 2.45) is 0 Å². The zero-order valence-electron chi connectivity index (χ0n) is 16.1. The van der Waals surface area contributed by atoms with Crippen molar-refractivity contribution in [2.45, 2.75) is 13.8 Å². The summed E-state index contributed by atoms with van der Waals surface area (Å²) >= 11 is 6.19. The Morgan fingerprint density at radius 3 is 2.57 bits per heavy atom. The Balaban J connectivity index is 1.63. The summed E-state index contributed by atoms with van der Waals surface area (Å²) in [7, 11) is 0. The fraction of sp³-hybridized carbons (Fsp3) is 0.0952. The average Bonchev–Trinajstić information content (AvgIpc) is 3.13. The predicted octanol–water partition coefficient (Wildman–Crippen LogP) is 4.85. The maximum atomic E-state index is 12.7. The summed E-state index contributed by atoms with van der Waals surface area (Å²) in [5.41, 5.74) is 3.87. The van der Waals surface area contributed by atoms with E-state index in [9.17, 15) is 14.9 Å². The lowest BCUT2D eigenvalue weighted by atomic mass is 10.1. The Morgan fingerprint density at radius 1 is 1.07 bits per heavy atom. The third kappa shape index (κ3) is 3.60. The molecule has 4 rings (SSSR count). The fourth-order valence-electron chi connectivity index (χ4n) is 3.08. The van der Waals surface area contributed by atoms with Crippen molar-refractivity contribution < 1.29 is 9.72 Å². The molecule has 1 amide bonds. The van der Waals surface area contributed by atoms with Gasteiger partial charge in [0.2, 0.25) is 0 Å². The first kappa shape index (κ1) is 19.5. The number of nitro benzene ring substituents is 1. The van der Waals surface area contributed by atoms with Crippen LogP contribution in [0, 0.1) is 24.0 Å². The number of hydrogen-bond donors (Lipinski definition) is 1. The molecular formula is C21H16ClN5O3. The van der Waals surface area contributed by atoms with Crippen LogP contribution in [0.1, 0.15) is 21.5 Å². The Bertz CT molecular complexity index is 1320. The molecule has 1 heterocycles. The summed E-state index contributed by atoms with van der Waals surface area (Å²) in [5, 5.41) is 23.4. The number of hydrogen-bond acceptors (Lipinski definition) is 5. The molecule has 0 spiro atoms. The number of amides is 1. The standard InChI is InChI=1S/C21H16ClN5O3/c1-12-6-8-15(11-17(12)22)26-24-18-9-7-14(10-19(18)25-26)23-21(28)16-4-3-5-20(13(16)2)27(29)30/h3-11H,1-2H3,(H,23,28). The van der Waals surface area contributed by atoms with Gasteiger partial charge in [0, 0.05) is 27.9 Å². The van der Waals surface area contributed by atoms with Gasteiger partial charge in [0.15, 0.2) is 0 Å². The summed E-state index contributed by atoms with van der Waals surface area (Å²) < 4.78 is 0. The van der Waals surface area contributed by atoms with E-state index in [1.165, 1.54) is 16.9 Å². The number of aromatic nitrogens is 3. The second-order valence-electron chi connectivity index (χ2n) is 6.79. The van der Waals surface area contributed by atoms with Gasteiger partial charge in [0.25, 0.3) is 11.6 Å². The molecule has 0 atom stereocenters. The molecule has 0 bridgehead atoms. The van der Waals surface area contributed by atoms with Gasteiger partial charge in [0.1, 0.15) is 11.0 Å². The van der Waals surface area contributed by atoms with Crippen molar-refractivity contribution in [1.29, 1.82) is 0 Å². The molecule has 0 aliphatic heterocycles. The third-order valence-electron chi connectivity index (χ3n) is 4.77. The van der Waals surface area contributed by atoms with E-state index in [1.807, 2.05) is 19.1 Å².